The van der Waals surface area contributed by atoms with Gasteiger partial charge in [0, 0.05) is 16.7 Å². The van der Waals surface area contributed by atoms with Crippen LogP contribution in [0.15, 0.2) is 85.5 Å². The second kappa shape index (κ2) is 17.2. The molecule has 0 aliphatic rings. The lowest BCUT2D eigenvalue weighted by atomic mass is 9.86. The standard InChI is InChI=1S/C18H19O6P.C6H12O2.H3O4P/c1-14(2)17(19)24-18(13-23-25(20,21)22,15-9-5-3-6-10-15)16-11-7-4-8-12-16;1-3-4-8-5-6(2)7;1-5(2,3)4/h3-12H,1,13H2,2H3,(H2,20,21,22);3,6-7H,1,4-5H2,2H3;(H3,1,2,3,4). The minimum Gasteiger partial charge on any atom is -0.443 e. The maximum atomic E-state index is 12.3. The van der Waals surface area contributed by atoms with Crippen LogP contribution in [0.1, 0.15) is 25.0 Å². The highest BCUT2D eigenvalue weighted by atomic mass is 31.2. The summed E-state index contributed by atoms with van der Waals surface area (Å²) < 4.78 is 35.4. The van der Waals surface area contributed by atoms with Gasteiger partial charge < -0.3 is 39.0 Å². The first kappa shape index (κ1) is 35.5. The minimum atomic E-state index is -4.78. The number of hydrogen-bond acceptors (Lipinski definition) is 7. The number of phosphoric ester groups is 1. The van der Waals surface area contributed by atoms with Gasteiger partial charge in [-0.1, -0.05) is 73.3 Å². The van der Waals surface area contributed by atoms with Crippen molar-refractivity contribution in [1.82, 2.24) is 0 Å². The predicted octanol–water partition coefficient (Wildman–Crippen LogP) is 2.80. The molecule has 0 radical (unpaired) electrons. The Labute approximate surface area is 221 Å². The van der Waals surface area contributed by atoms with E-state index in [-0.39, 0.29) is 11.7 Å². The summed E-state index contributed by atoms with van der Waals surface area (Å²) in [6.07, 6.45) is 1.29. The fraction of sp³-hybridized carbons (Fsp3) is 0.292. The van der Waals surface area contributed by atoms with E-state index in [1.165, 1.54) is 6.92 Å². The summed E-state index contributed by atoms with van der Waals surface area (Å²) in [6.45, 7) is 10.6. The van der Waals surface area contributed by atoms with Gasteiger partial charge in [0.2, 0.25) is 0 Å². The number of esters is 1. The number of phosphoric acid groups is 2. The Morgan fingerprint density at radius 3 is 1.71 bits per heavy atom. The van der Waals surface area contributed by atoms with Crippen LogP contribution in [0, 0.1) is 0 Å². The van der Waals surface area contributed by atoms with Crippen LogP contribution in [0.4, 0.5) is 0 Å². The van der Waals surface area contributed by atoms with Crippen LogP contribution in [0.2, 0.25) is 0 Å². The molecule has 0 fully saturated rings. The topological polar surface area (TPSA) is 200 Å². The Morgan fingerprint density at radius 2 is 1.39 bits per heavy atom. The van der Waals surface area contributed by atoms with Gasteiger partial charge in [-0.05, 0) is 13.8 Å². The van der Waals surface area contributed by atoms with Crippen molar-refractivity contribution in [3.63, 3.8) is 0 Å². The zero-order valence-corrected chi connectivity index (χ0v) is 22.8. The molecule has 2 aromatic carbocycles. The summed E-state index contributed by atoms with van der Waals surface area (Å²) in [6, 6.07) is 17.3. The summed E-state index contributed by atoms with van der Waals surface area (Å²) in [5.74, 6) is -0.693. The van der Waals surface area contributed by atoms with Gasteiger partial charge in [-0.25, -0.2) is 13.9 Å². The van der Waals surface area contributed by atoms with Gasteiger partial charge in [0.15, 0.2) is 5.60 Å². The predicted molar refractivity (Wildman–Crippen MR) is 140 cm³/mol. The van der Waals surface area contributed by atoms with E-state index >= 15 is 0 Å². The molecular weight excluding hydrogens is 542 g/mol. The molecule has 0 heterocycles. The highest BCUT2D eigenvalue weighted by Crippen LogP contribution is 2.42. The normalized spacial score (nSPS) is 12.1. The Balaban J connectivity index is 0.000000871. The molecule has 1 unspecified atom stereocenters. The monoisotopic (exact) mass is 576 g/mol. The Bertz CT molecular complexity index is 1030. The smallest absolute Gasteiger partial charge is 0.443 e. The third kappa shape index (κ3) is 16.4. The number of ether oxygens (including phenoxy) is 2. The van der Waals surface area contributed by atoms with E-state index in [0.29, 0.717) is 24.3 Å². The Kier molecular flexibility index (Phi) is 16.1. The summed E-state index contributed by atoms with van der Waals surface area (Å²) in [5, 5.41) is 8.62. The van der Waals surface area contributed by atoms with Gasteiger partial charge in [-0.2, -0.15) is 0 Å². The maximum Gasteiger partial charge on any atom is 0.469 e. The third-order valence-corrected chi connectivity index (χ3v) is 4.59. The summed E-state index contributed by atoms with van der Waals surface area (Å²) in [7, 11) is -9.42. The molecule has 0 aliphatic carbocycles. The molecule has 212 valence electrons. The fourth-order valence-corrected chi connectivity index (χ4v) is 2.99. The van der Waals surface area contributed by atoms with Crippen LogP contribution in [0.5, 0.6) is 0 Å². The molecule has 0 amide bonds. The first-order valence-corrected chi connectivity index (χ1v) is 14.0. The van der Waals surface area contributed by atoms with Gasteiger partial charge >= 0.3 is 21.6 Å². The van der Waals surface area contributed by atoms with Crippen LogP contribution < -0.4 is 0 Å². The number of benzene rings is 2. The maximum absolute atomic E-state index is 12.3. The molecule has 14 heteroatoms. The number of rotatable bonds is 11. The zero-order valence-electron chi connectivity index (χ0n) is 21.0. The lowest BCUT2D eigenvalue weighted by Crippen LogP contribution is -2.38. The SMILES string of the molecule is C=C(C)C(=O)OC(COP(=O)(O)O)(c1ccccc1)c1ccccc1.C=CCOCC(C)O.O=P(O)(O)O. The highest BCUT2D eigenvalue weighted by molar-refractivity contribution is 7.46. The van der Waals surface area contributed by atoms with Crippen molar-refractivity contribution in [2.45, 2.75) is 25.6 Å². The Morgan fingerprint density at radius 1 is 0.974 bits per heavy atom. The van der Waals surface area contributed by atoms with Crippen molar-refractivity contribution >= 4 is 21.6 Å². The van der Waals surface area contributed by atoms with E-state index < -0.39 is 33.8 Å². The number of aliphatic hydroxyl groups is 1. The molecule has 0 aromatic heterocycles. The van der Waals surface area contributed by atoms with E-state index in [1.807, 2.05) is 0 Å². The molecule has 2 rings (SSSR count). The molecule has 0 spiro atoms. The molecule has 0 bridgehead atoms. The molecule has 0 saturated carbocycles. The van der Waals surface area contributed by atoms with Crippen molar-refractivity contribution in [3.8, 4) is 0 Å². The minimum absolute atomic E-state index is 0.160. The number of aliphatic hydroxyl groups excluding tert-OH is 1. The van der Waals surface area contributed by atoms with Gasteiger partial charge in [-0.3, -0.25) is 4.52 Å². The highest BCUT2D eigenvalue weighted by Gasteiger charge is 2.41. The van der Waals surface area contributed by atoms with Crippen LogP contribution in [0.25, 0.3) is 0 Å². The second-order valence-corrected chi connectivity index (χ2v) is 9.95. The van der Waals surface area contributed by atoms with E-state index in [9.17, 15) is 9.36 Å². The largest absolute Gasteiger partial charge is 0.469 e. The van der Waals surface area contributed by atoms with Gasteiger partial charge in [-0.15, -0.1) is 6.58 Å². The lowest BCUT2D eigenvalue weighted by molar-refractivity contribution is -0.155. The number of hydrogen-bond donors (Lipinski definition) is 6. The van der Waals surface area contributed by atoms with Crippen molar-refractivity contribution in [1.29, 1.82) is 0 Å². The van der Waals surface area contributed by atoms with E-state index in [4.69, 9.17) is 48.1 Å². The Hall–Kier alpha value is -2.47. The van der Waals surface area contributed by atoms with Gasteiger partial charge in [0.1, 0.15) is 6.61 Å². The number of carbonyl (C=O) groups is 1. The first-order valence-electron chi connectivity index (χ1n) is 10.9. The van der Waals surface area contributed by atoms with E-state index in [2.05, 4.69) is 13.2 Å². The molecule has 0 aliphatic heterocycles. The summed E-state index contributed by atoms with van der Waals surface area (Å²) in [4.78, 5) is 52.1. The molecule has 6 N–H and O–H groups in total. The molecule has 38 heavy (non-hydrogen) atoms. The van der Waals surface area contributed by atoms with Crippen molar-refractivity contribution < 1.29 is 57.5 Å². The first-order chi connectivity index (χ1) is 17.5. The van der Waals surface area contributed by atoms with Crippen LogP contribution in [-0.2, 0) is 33.5 Å². The molecule has 2 aromatic rings. The molecule has 0 saturated heterocycles. The summed E-state index contributed by atoms with van der Waals surface area (Å²) >= 11 is 0. The van der Waals surface area contributed by atoms with Gasteiger partial charge in [0.05, 0.1) is 19.3 Å². The van der Waals surface area contributed by atoms with Crippen molar-refractivity contribution in [2.24, 2.45) is 0 Å². The second-order valence-electron chi connectivity index (χ2n) is 7.68. The van der Waals surface area contributed by atoms with Crippen LogP contribution in [-0.4, -0.2) is 61.5 Å². The molecule has 12 nitrogen and oxygen atoms in total. The quantitative estimate of drug-likeness (QED) is 0.0752. The lowest BCUT2D eigenvalue weighted by Gasteiger charge is -2.34. The average molecular weight is 576 g/mol. The van der Waals surface area contributed by atoms with Crippen LogP contribution >= 0.6 is 15.6 Å². The summed E-state index contributed by atoms with van der Waals surface area (Å²) in [5.41, 5.74) is -0.333. The van der Waals surface area contributed by atoms with Crippen LogP contribution in [0.3, 0.4) is 0 Å². The average Bonchev–Trinajstić information content (AvgIpc) is 2.81. The fourth-order valence-electron chi connectivity index (χ4n) is 2.64. The number of carbonyl (C=O) groups excluding carboxylic acids is 1. The van der Waals surface area contributed by atoms with E-state index in [1.54, 1.807) is 73.7 Å². The van der Waals surface area contributed by atoms with Crippen molar-refractivity contribution in [3.05, 3.63) is 96.6 Å². The van der Waals surface area contributed by atoms with E-state index in [0.717, 1.165) is 0 Å². The van der Waals surface area contributed by atoms with Crippen molar-refractivity contribution in [2.75, 3.05) is 19.8 Å². The zero-order chi connectivity index (χ0) is 29.4. The molecule has 1 atom stereocenters. The molecular formula is C24H34O12P2. The van der Waals surface area contributed by atoms with Gasteiger partial charge in [0.25, 0.3) is 0 Å². The third-order valence-electron chi connectivity index (χ3n) is 4.13.